The molecule has 0 spiro atoms. The average molecular weight is 144 g/mol. The van der Waals surface area contributed by atoms with Gasteiger partial charge in [0.1, 0.15) is 0 Å². The molecule has 0 aromatic carbocycles. The van der Waals surface area contributed by atoms with Crippen LogP contribution < -0.4 is 5.32 Å². The van der Waals surface area contributed by atoms with E-state index in [1.54, 1.807) is 0 Å². The van der Waals surface area contributed by atoms with Crippen LogP contribution in [0.25, 0.3) is 0 Å². The van der Waals surface area contributed by atoms with Crippen molar-refractivity contribution >= 4 is 23.0 Å². The highest BCUT2D eigenvalue weighted by Crippen LogP contribution is 1.93. The lowest BCUT2D eigenvalue weighted by atomic mass is 10.3. The van der Waals surface area contributed by atoms with Gasteiger partial charge in [-0.1, -0.05) is 0 Å². The zero-order valence-corrected chi connectivity index (χ0v) is 5.74. The van der Waals surface area contributed by atoms with Crippen molar-refractivity contribution in [3.63, 3.8) is 0 Å². The van der Waals surface area contributed by atoms with Gasteiger partial charge in [0, 0.05) is 18.7 Å². The maximum absolute atomic E-state index is 8.46. The zero-order valence-electron chi connectivity index (χ0n) is 4.92. The Morgan fingerprint density at radius 1 is 1.78 bits per heavy atom. The Balaban J connectivity index is 2.42. The molecule has 9 heavy (non-hydrogen) atoms. The maximum Gasteiger partial charge on any atom is 0.193 e. The fraction of sp³-hybridized carbons (Fsp3) is 0.600. The number of rotatable bonds is 2. The summed E-state index contributed by atoms with van der Waals surface area (Å²) in [7, 11) is 0. The van der Waals surface area contributed by atoms with Crippen LogP contribution in [0.1, 0.15) is 6.42 Å². The van der Waals surface area contributed by atoms with Gasteiger partial charge < -0.3 is 10.4 Å². The summed E-state index contributed by atoms with van der Waals surface area (Å²) in [6.45, 7) is 0.864. The second kappa shape index (κ2) is 2.89. The zero-order chi connectivity index (χ0) is 6.69. The summed E-state index contributed by atoms with van der Waals surface area (Å²) in [5, 5.41) is 11.9. The van der Waals surface area contributed by atoms with Crippen LogP contribution in [-0.2, 0) is 0 Å². The monoisotopic (exact) mass is 144 g/mol. The molecule has 4 heteroatoms. The number of aliphatic imine (C=N–C) groups is 1. The fourth-order valence-electron chi connectivity index (χ4n) is 0.674. The van der Waals surface area contributed by atoms with Crippen LogP contribution in [0.4, 0.5) is 0 Å². The van der Waals surface area contributed by atoms with Crippen LogP contribution >= 0.6 is 12.2 Å². The first kappa shape index (κ1) is 6.64. The van der Waals surface area contributed by atoms with Crippen molar-refractivity contribution in [2.24, 2.45) is 4.99 Å². The summed E-state index contributed by atoms with van der Waals surface area (Å²) in [4.78, 5) is 3.96. The summed E-state index contributed by atoms with van der Waals surface area (Å²) >= 11 is 4.73. The third-order valence-corrected chi connectivity index (χ3v) is 1.34. The van der Waals surface area contributed by atoms with Crippen molar-refractivity contribution < 1.29 is 5.11 Å². The first-order chi connectivity index (χ1) is 4.33. The topological polar surface area (TPSA) is 44.6 Å². The molecule has 0 atom stereocenters. The molecule has 1 aliphatic rings. The molecule has 0 radical (unpaired) electrons. The van der Waals surface area contributed by atoms with Crippen LogP contribution in [0.15, 0.2) is 4.99 Å². The number of hydrogen-bond acceptors (Lipinski definition) is 2. The Morgan fingerprint density at radius 3 is 3.00 bits per heavy atom. The summed E-state index contributed by atoms with van der Waals surface area (Å²) in [6, 6.07) is 0. The van der Waals surface area contributed by atoms with E-state index in [0.717, 1.165) is 5.71 Å². The van der Waals surface area contributed by atoms with E-state index in [2.05, 4.69) is 10.3 Å². The van der Waals surface area contributed by atoms with Gasteiger partial charge in [0.25, 0.3) is 0 Å². The van der Waals surface area contributed by atoms with Crippen LogP contribution in [0.3, 0.4) is 0 Å². The van der Waals surface area contributed by atoms with Crippen molar-refractivity contribution in [3.8, 4) is 0 Å². The Labute approximate surface area is 58.8 Å². The Kier molecular flexibility index (Phi) is 2.13. The SMILES string of the molecule is OCCC1=NC(=S)NC1. The van der Waals surface area contributed by atoms with Gasteiger partial charge in [-0.3, -0.25) is 0 Å². The molecule has 2 N–H and O–H groups in total. The van der Waals surface area contributed by atoms with Gasteiger partial charge in [-0.2, -0.15) is 0 Å². The van der Waals surface area contributed by atoms with Crippen molar-refractivity contribution in [1.82, 2.24) is 5.32 Å². The number of nitrogens with one attached hydrogen (secondary N) is 1. The van der Waals surface area contributed by atoms with E-state index in [0.29, 0.717) is 18.1 Å². The average Bonchev–Trinajstić information content (AvgIpc) is 2.17. The van der Waals surface area contributed by atoms with E-state index in [1.807, 2.05) is 0 Å². The van der Waals surface area contributed by atoms with E-state index < -0.39 is 0 Å². The largest absolute Gasteiger partial charge is 0.396 e. The Morgan fingerprint density at radius 2 is 2.56 bits per heavy atom. The second-order valence-corrected chi connectivity index (χ2v) is 2.20. The normalized spacial score (nSPS) is 17.4. The molecule has 0 amide bonds. The molecule has 0 aliphatic carbocycles. The van der Waals surface area contributed by atoms with E-state index in [1.165, 1.54) is 0 Å². The third kappa shape index (κ3) is 1.73. The molecule has 0 fully saturated rings. The first-order valence-electron chi connectivity index (χ1n) is 2.78. The molecule has 1 rings (SSSR count). The molecule has 50 valence electrons. The molecule has 0 aromatic heterocycles. The molecule has 0 aromatic rings. The minimum Gasteiger partial charge on any atom is -0.396 e. The van der Waals surface area contributed by atoms with E-state index in [-0.39, 0.29) is 6.61 Å². The Hall–Kier alpha value is -0.480. The summed E-state index contributed by atoms with van der Waals surface area (Å²) < 4.78 is 0. The van der Waals surface area contributed by atoms with Crippen LogP contribution in [-0.4, -0.2) is 29.1 Å². The minimum atomic E-state index is 0.156. The lowest BCUT2D eigenvalue weighted by molar-refractivity contribution is 0.307. The van der Waals surface area contributed by atoms with E-state index in [4.69, 9.17) is 17.3 Å². The number of aliphatic hydroxyl groups is 1. The smallest absolute Gasteiger partial charge is 0.193 e. The first-order valence-corrected chi connectivity index (χ1v) is 3.19. The highest BCUT2D eigenvalue weighted by atomic mass is 32.1. The predicted molar refractivity (Wildman–Crippen MR) is 39.7 cm³/mol. The molecule has 3 nitrogen and oxygen atoms in total. The molecule has 0 saturated heterocycles. The third-order valence-electron chi connectivity index (χ3n) is 1.10. The van der Waals surface area contributed by atoms with Gasteiger partial charge in [0.15, 0.2) is 5.11 Å². The quantitative estimate of drug-likeness (QED) is 0.523. The van der Waals surface area contributed by atoms with E-state index in [9.17, 15) is 0 Å². The van der Waals surface area contributed by atoms with Crippen molar-refractivity contribution in [2.45, 2.75) is 6.42 Å². The Bertz CT molecular complexity index is 155. The summed E-state index contributed by atoms with van der Waals surface area (Å²) in [5.74, 6) is 0. The van der Waals surface area contributed by atoms with Gasteiger partial charge >= 0.3 is 0 Å². The lowest BCUT2D eigenvalue weighted by Crippen LogP contribution is -2.16. The fourth-order valence-corrected chi connectivity index (χ4v) is 0.875. The summed E-state index contributed by atoms with van der Waals surface area (Å²) in [6.07, 6.45) is 0.632. The lowest BCUT2D eigenvalue weighted by Gasteiger charge is -1.91. The highest BCUT2D eigenvalue weighted by Gasteiger charge is 2.07. The van der Waals surface area contributed by atoms with Crippen molar-refractivity contribution in [2.75, 3.05) is 13.2 Å². The molecule has 1 aliphatic heterocycles. The maximum atomic E-state index is 8.46. The van der Waals surface area contributed by atoms with Gasteiger partial charge in [-0.15, -0.1) is 0 Å². The molecule has 0 unspecified atom stereocenters. The molecule has 0 saturated carbocycles. The van der Waals surface area contributed by atoms with Gasteiger partial charge in [-0.25, -0.2) is 4.99 Å². The van der Waals surface area contributed by atoms with Gasteiger partial charge in [0.05, 0.1) is 6.54 Å². The number of hydrogen-bond donors (Lipinski definition) is 2. The number of nitrogens with zero attached hydrogens (tertiary/aromatic N) is 1. The standard InChI is InChI=1S/C5H8N2OS/c8-2-1-4-3-6-5(9)7-4/h8H,1-3H2,(H,6,9). The van der Waals surface area contributed by atoms with Crippen LogP contribution in [0, 0.1) is 0 Å². The van der Waals surface area contributed by atoms with Crippen LogP contribution in [0.2, 0.25) is 0 Å². The minimum absolute atomic E-state index is 0.156. The van der Waals surface area contributed by atoms with Crippen LogP contribution in [0.5, 0.6) is 0 Å². The molecule has 1 heterocycles. The van der Waals surface area contributed by atoms with Gasteiger partial charge in [-0.05, 0) is 12.2 Å². The van der Waals surface area contributed by atoms with Crippen molar-refractivity contribution in [3.05, 3.63) is 0 Å². The van der Waals surface area contributed by atoms with Gasteiger partial charge in [0.2, 0.25) is 0 Å². The number of aliphatic hydroxyl groups excluding tert-OH is 1. The molecular weight excluding hydrogens is 136 g/mol. The van der Waals surface area contributed by atoms with Crippen molar-refractivity contribution in [1.29, 1.82) is 0 Å². The molecule has 0 bridgehead atoms. The predicted octanol–water partition coefficient (Wildman–Crippen LogP) is -0.302. The van der Waals surface area contributed by atoms with E-state index >= 15 is 0 Å². The highest BCUT2D eigenvalue weighted by molar-refractivity contribution is 7.80. The summed E-state index contributed by atoms with van der Waals surface area (Å²) in [5.41, 5.74) is 0.947. The molecular formula is C5H8N2OS. The second-order valence-electron chi connectivity index (χ2n) is 1.81. The number of thiocarbonyl (C=S) groups is 1.